The molecule has 68 valence electrons. The smallest absolute Gasteiger partial charge is 0.133 e. The third-order valence-corrected chi connectivity index (χ3v) is 1.71. The highest BCUT2D eigenvalue weighted by Gasteiger charge is 1.88. The first-order chi connectivity index (χ1) is 5.81. The van der Waals surface area contributed by atoms with Crippen molar-refractivity contribution in [3.05, 3.63) is 12.2 Å². The molecular formula is C11H18O. The molecule has 0 bridgehead atoms. The lowest BCUT2D eigenvalue weighted by atomic mass is 10.1. The summed E-state index contributed by atoms with van der Waals surface area (Å²) in [6.07, 6.45) is 14.0. The van der Waals surface area contributed by atoms with Crippen molar-refractivity contribution in [1.82, 2.24) is 0 Å². The van der Waals surface area contributed by atoms with Crippen LogP contribution in [0.4, 0.5) is 0 Å². The molecule has 1 nitrogen and oxygen atoms in total. The van der Waals surface area contributed by atoms with Crippen LogP contribution in [0, 0.1) is 12.3 Å². The van der Waals surface area contributed by atoms with Crippen LogP contribution in [-0.4, -0.2) is 11.2 Å². The number of rotatable bonds is 6. The fourth-order valence-electron chi connectivity index (χ4n) is 0.970. The largest absolute Gasteiger partial charge is 0.377 e. The van der Waals surface area contributed by atoms with Gasteiger partial charge < -0.3 is 5.11 Å². The van der Waals surface area contributed by atoms with Gasteiger partial charge in [0.2, 0.25) is 0 Å². The van der Waals surface area contributed by atoms with Crippen LogP contribution in [0.1, 0.15) is 39.0 Å². The Bertz CT molecular complexity index is 153. The van der Waals surface area contributed by atoms with Gasteiger partial charge in [-0.2, -0.15) is 0 Å². The van der Waals surface area contributed by atoms with Gasteiger partial charge in [-0.05, 0) is 18.9 Å². The fourth-order valence-corrected chi connectivity index (χ4v) is 0.970. The number of aliphatic hydroxyl groups excluding tert-OH is 1. The quantitative estimate of drug-likeness (QED) is 0.365. The third-order valence-electron chi connectivity index (χ3n) is 1.71. The van der Waals surface area contributed by atoms with Crippen molar-refractivity contribution < 1.29 is 5.11 Å². The van der Waals surface area contributed by atoms with E-state index in [0.29, 0.717) is 0 Å². The van der Waals surface area contributed by atoms with Crippen LogP contribution in [0.25, 0.3) is 0 Å². The molecule has 0 radical (unpaired) electrons. The third kappa shape index (κ3) is 7.37. The molecule has 0 aliphatic carbocycles. The number of hydrogen-bond donors (Lipinski definition) is 1. The minimum Gasteiger partial charge on any atom is -0.377 e. The van der Waals surface area contributed by atoms with Gasteiger partial charge in [-0.3, -0.25) is 0 Å². The zero-order valence-corrected chi connectivity index (χ0v) is 7.79. The molecule has 0 saturated carbocycles. The van der Waals surface area contributed by atoms with E-state index >= 15 is 0 Å². The lowest BCUT2D eigenvalue weighted by Gasteiger charge is -1.95. The number of terminal acetylenes is 1. The molecule has 0 aromatic heterocycles. The second-order valence-electron chi connectivity index (χ2n) is 2.89. The van der Waals surface area contributed by atoms with Gasteiger partial charge in [0.25, 0.3) is 0 Å². The summed E-state index contributed by atoms with van der Waals surface area (Å²) in [7, 11) is 0. The van der Waals surface area contributed by atoms with Crippen LogP contribution in [-0.2, 0) is 0 Å². The molecule has 1 atom stereocenters. The topological polar surface area (TPSA) is 20.2 Å². The Morgan fingerprint density at radius 1 is 1.42 bits per heavy atom. The molecule has 0 saturated heterocycles. The van der Waals surface area contributed by atoms with Gasteiger partial charge in [0, 0.05) is 0 Å². The average Bonchev–Trinajstić information content (AvgIpc) is 2.10. The van der Waals surface area contributed by atoms with Gasteiger partial charge in [-0.1, -0.05) is 38.2 Å². The van der Waals surface area contributed by atoms with E-state index in [2.05, 4.69) is 12.8 Å². The Morgan fingerprint density at radius 3 is 2.75 bits per heavy atom. The molecule has 0 amide bonds. The van der Waals surface area contributed by atoms with E-state index in [1.165, 1.54) is 25.7 Å². The minimum atomic E-state index is -0.698. The summed E-state index contributed by atoms with van der Waals surface area (Å²) >= 11 is 0. The summed E-state index contributed by atoms with van der Waals surface area (Å²) in [4.78, 5) is 0. The molecule has 0 fully saturated rings. The van der Waals surface area contributed by atoms with Crippen LogP contribution < -0.4 is 0 Å². The lowest BCUT2D eigenvalue weighted by molar-refractivity contribution is 0.280. The van der Waals surface area contributed by atoms with E-state index in [0.717, 1.165) is 6.42 Å². The summed E-state index contributed by atoms with van der Waals surface area (Å²) in [5.41, 5.74) is 0. The first kappa shape index (κ1) is 11.3. The maximum absolute atomic E-state index is 8.94. The van der Waals surface area contributed by atoms with Crippen molar-refractivity contribution in [3.63, 3.8) is 0 Å². The number of unbranched alkanes of at least 4 members (excludes halogenated alkanes) is 4. The number of allylic oxidation sites excluding steroid dienone is 1. The Labute approximate surface area is 75.5 Å². The minimum absolute atomic E-state index is 0.698. The van der Waals surface area contributed by atoms with Gasteiger partial charge in [0.15, 0.2) is 0 Å². The second-order valence-corrected chi connectivity index (χ2v) is 2.89. The van der Waals surface area contributed by atoms with E-state index in [4.69, 9.17) is 11.5 Å². The van der Waals surface area contributed by atoms with Crippen LogP contribution >= 0.6 is 0 Å². The predicted octanol–water partition coefficient (Wildman–Crippen LogP) is 2.51. The van der Waals surface area contributed by atoms with Gasteiger partial charge >= 0.3 is 0 Å². The van der Waals surface area contributed by atoms with Crippen LogP contribution in [0.15, 0.2) is 12.2 Å². The zero-order chi connectivity index (χ0) is 9.23. The highest BCUT2D eigenvalue weighted by atomic mass is 16.3. The summed E-state index contributed by atoms with van der Waals surface area (Å²) in [5, 5.41) is 8.94. The Hall–Kier alpha value is -0.740. The Kier molecular flexibility index (Phi) is 7.84. The number of hydrogen-bond acceptors (Lipinski definition) is 1. The van der Waals surface area contributed by atoms with Gasteiger partial charge in [-0.15, -0.1) is 6.42 Å². The summed E-state index contributed by atoms with van der Waals surface area (Å²) < 4.78 is 0. The first-order valence-corrected chi connectivity index (χ1v) is 4.62. The van der Waals surface area contributed by atoms with Crippen molar-refractivity contribution >= 4 is 0 Å². The second kappa shape index (κ2) is 8.36. The molecular weight excluding hydrogens is 148 g/mol. The summed E-state index contributed by atoms with van der Waals surface area (Å²) in [6.45, 7) is 2.19. The van der Waals surface area contributed by atoms with Crippen LogP contribution in [0.2, 0.25) is 0 Å². The highest BCUT2D eigenvalue weighted by molar-refractivity contribution is 5.05. The molecule has 12 heavy (non-hydrogen) atoms. The molecule has 0 aliphatic heterocycles. The summed E-state index contributed by atoms with van der Waals surface area (Å²) in [6, 6.07) is 0. The molecule has 0 aromatic carbocycles. The van der Waals surface area contributed by atoms with Crippen LogP contribution in [0.3, 0.4) is 0 Å². The first-order valence-electron chi connectivity index (χ1n) is 4.62. The van der Waals surface area contributed by atoms with Crippen molar-refractivity contribution in [2.45, 2.75) is 45.1 Å². The zero-order valence-electron chi connectivity index (χ0n) is 7.79. The monoisotopic (exact) mass is 166 g/mol. The van der Waals surface area contributed by atoms with Crippen LogP contribution in [0.5, 0.6) is 0 Å². The molecule has 0 aromatic rings. The predicted molar refractivity (Wildman–Crippen MR) is 52.7 cm³/mol. The van der Waals surface area contributed by atoms with E-state index in [1.54, 1.807) is 6.08 Å². The molecule has 0 heterocycles. The molecule has 0 spiro atoms. The van der Waals surface area contributed by atoms with E-state index in [9.17, 15) is 0 Å². The SMILES string of the molecule is C#C[C@H](O)/C=C/CCCCCC. The molecule has 1 N–H and O–H groups in total. The van der Waals surface area contributed by atoms with E-state index in [-0.39, 0.29) is 0 Å². The summed E-state index contributed by atoms with van der Waals surface area (Å²) in [5.74, 6) is 2.24. The standard InChI is InChI=1S/C11H18O/c1-3-5-6-7-8-9-10-11(12)4-2/h2,9-12H,3,5-8H2,1H3/b10-9+/t11-/m0/s1. The lowest BCUT2D eigenvalue weighted by Crippen LogP contribution is -1.95. The average molecular weight is 166 g/mol. The van der Waals surface area contributed by atoms with Crippen molar-refractivity contribution in [2.24, 2.45) is 0 Å². The van der Waals surface area contributed by atoms with Crippen molar-refractivity contribution in [1.29, 1.82) is 0 Å². The maximum atomic E-state index is 8.94. The molecule has 1 heteroatoms. The highest BCUT2D eigenvalue weighted by Crippen LogP contribution is 2.02. The Balaban J connectivity index is 3.20. The van der Waals surface area contributed by atoms with Gasteiger partial charge in [-0.25, -0.2) is 0 Å². The molecule has 0 aliphatic rings. The number of aliphatic hydroxyl groups is 1. The Morgan fingerprint density at radius 2 is 2.17 bits per heavy atom. The van der Waals surface area contributed by atoms with Gasteiger partial charge in [0.05, 0.1) is 0 Å². The molecule has 0 rings (SSSR count). The van der Waals surface area contributed by atoms with E-state index < -0.39 is 6.10 Å². The van der Waals surface area contributed by atoms with E-state index in [1.807, 2.05) is 6.08 Å². The van der Waals surface area contributed by atoms with Gasteiger partial charge in [0.1, 0.15) is 6.10 Å². The van der Waals surface area contributed by atoms with Crippen molar-refractivity contribution in [3.8, 4) is 12.3 Å². The molecule has 0 unspecified atom stereocenters. The fraction of sp³-hybridized carbons (Fsp3) is 0.636. The maximum Gasteiger partial charge on any atom is 0.133 e. The normalized spacial score (nSPS) is 13.1. The van der Waals surface area contributed by atoms with Crippen molar-refractivity contribution in [2.75, 3.05) is 0 Å².